The fourth-order valence-corrected chi connectivity index (χ4v) is 2.46. The zero-order chi connectivity index (χ0) is 14.5. The highest BCUT2D eigenvalue weighted by atomic mass is 32.1. The molecular formula is C15H19N3OS. The number of nitrogens with one attached hydrogen (secondary N) is 2. The van der Waals surface area contributed by atoms with E-state index >= 15 is 0 Å². The number of rotatable bonds is 5. The molecule has 0 fully saturated rings. The SMILES string of the molecule is Cc1csc(CNc2ccc(C(=O)NC(C)C)cc2)n1. The van der Waals surface area contributed by atoms with Crippen LogP contribution in [0.2, 0.25) is 0 Å². The van der Waals surface area contributed by atoms with Gasteiger partial charge in [0.15, 0.2) is 0 Å². The van der Waals surface area contributed by atoms with Crippen molar-refractivity contribution in [1.82, 2.24) is 10.3 Å². The molecule has 0 aliphatic carbocycles. The molecule has 1 aromatic carbocycles. The van der Waals surface area contributed by atoms with Gasteiger partial charge in [-0.2, -0.15) is 0 Å². The van der Waals surface area contributed by atoms with Crippen LogP contribution in [0.4, 0.5) is 5.69 Å². The molecule has 20 heavy (non-hydrogen) atoms. The Kier molecular flexibility index (Phi) is 4.74. The van der Waals surface area contributed by atoms with E-state index in [9.17, 15) is 4.79 Å². The maximum Gasteiger partial charge on any atom is 0.251 e. The number of benzene rings is 1. The molecule has 0 unspecified atom stereocenters. The Labute approximate surface area is 123 Å². The zero-order valence-corrected chi connectivity index (χ0v) is 12.8. The predicted octanol–water partition coefficient (Wildman–Crippen LogP) is 3.20. The molecule has 4 nitrogen and oxygen atoms in total. The summed E-state index contributed by atoms with van der Waals surface area (Å²) in [5.74, 6) is -0.0397. The number of nitrogens with zero attached hydrogens (tertiary/aromatic N) is 1. The van der Waals surface area contributed by atoms with Gasteiger partial charge in [0, 0.05) is 28.4 Å². The lowest BCUT2D eigenvalue weighted by Gasteiger charge is -2.09. The van der Waals surface area contributed by atoms with Crippen LogP contribution in [0.3, 0.4) is 0 Å². The van der Waals surface area contributed by atoms with Crippen LogP contribution in [0.25, 0.3) is 0 Å². The minimum atomic E-state index is -0.0397. The zero-order valence-electron chi connectivity index (χ0n) is 11.9. The molecule has 0 bridgehead atoms. The third-order valence-electron chi connectivity index (χ3n) is 2.68. The Bertz CT molecular complexity index is 575. The van der Waals surface area contributed by atoms with Crippen LogP contribution in [-0.4, -0.2) is 16.9 Å². The first-order valence-corrected chi connectivity index (χ1v) is 7.48. The summed E-state index contributed by atoms with van der Waals surface area (Å²) in [5, 5.41) is 9.27. The second kappa shape index (κ2) is 6.52. The van der Waals surface area contributed by atoms with Crippen LogP contribution in [0.15, 0.2) is 29.6 Å². The maximum atomic E-state index is 11.8. The largest absolute Gasteiger partial charge is 0.379 e. The molecule has 106 valence electrons. The van der Waals surface area contributed by atoms with Gasteiger partial charge < -0.3 is 10.6 Å². The third kappa shape index (κ3) is 4.06. The fourth-order valence-electron chi connectivity index (χ4n) is 1.75. The lowest BCUT2D eigenvalue weighted by Crippen LogP contribution is -2.29. The van der Waals surface area contributed by atoms with Gasteiger partial charge in [0.1, 0.15) is 5.01 Å². The summed E-state index contributed by atoms with van der Waals surface area (Å²) in [5.41, 5.74) is 2.71. The lowest BCUT2D eigenvalue weighted by atomic mass is 10.2. The Morgan fingerprint density at radius 3 is 2.55 bits per heavy atom. The second-order valence-corrected chi connectivity index (χ2v) is 5.88. The average Bonchev–Trinajstić information content (AvgIpc) is 2.82. The molecule has 1 heterocycles. The molecule has 0 saturated carbocycles. The molecule has 5 heteroatoms. The topological polar surface area (TPSA) is 54.0 Å². The second-order valence-electron chi connectivity index (χ2n) is 4.94. The lowest BCUT2D eigenvalue weighted by molar-refractivity contribution is 0.0943. The standard InChI is InChI=1S/C15H19N3OS/c1-10(2)17-15(19)12-4-6-13(7-5-12)16-8-14-18-11(3)9-20-14/h4-7,9-10,16H,8H2,1-3H3,(H,17,19). The van der Waals surface area contributed by atoms with E-state index in [1.807, 2.05) is 50.4 Å². The van der Waals surface area contributed by atoms with Gasteiger partial charge in [-0.25, -0.2) is 4.98 Å². The Morgan fingerprint density at radius 1 is 1.30 bits per heavy atom. The number of thiazole rings is 1. The van der Waals surface area contributed by atoms with Crippen LogP contribution in [0.1, 0.15) is 34.9 Å². The highest BCUT2D eigenvalue weighted by molar-refractivity contribution is 7.09. The van der Waals surface area contributed by atoms with Crippen molar-refractivity contribution in [2.45, 2.75) is 33.4 Å². The molecule has 0 saturated heterocycles. The summed E-state index contributed by atoms with van der Waals surface area (Å²) in [6, 6.07) is 7.62. The van der Waals surface area contributed by atoms with Crippen LogP contribution >= 0.6 is 11.3 Å². The Hall–Kier alpha value is -1.88. The van der Waals surface area contributed by atoms with E-state index in [2.05, 4.69) is 15.6 Å². The minimum absolute atomic E-state index is 0.0397. The van der Waals surface area contributed by atoms with E-state index in [0.29, 0.717) is 12.1 Å². The summed E-state index contributed by atoms with van der Waals surface area (Å²) in [6.45, 7) is 6.59. The van der Waals surface area contributed by atoms with Crippen molar-refractivity contribution in [3.8, 4) is 0 Å². The van der Waals surface area contributed by atoms with Crippen LogP contribution in [0, 0.1) is 6.92 Å². The number of aromatic nitrogens is 1. The Balaban J connectivity index is 1.93. The van der Waals surface area contributed by atoms with Gasteiger partial charge in [-0.1, -0.05) is 0 Å². The van der Waals surface area contributed by atoms with Crippen LogP contribution in [-0.2, 0) is 6.54 Å². The van der Waals surface area contributed by atoms with Gasteiger partial charge in [0.2, 0.25) is 0 Å². The summed E-state index contributed by atoms with van der Waals surface area (Å²) in [6.07, 6.45) is 0. The monoisotopic (exact) mass is 289 g/mol. The average molecular weight is 289 g/mol. The molecule has 2 rings (SSSR count). The van der Waals surface area contributed by atoms with E-state index in [-0.39, 0.29) is 11.9 Å². The maximum absolute atomic E-state index is 11.8. The first kappa shape index (κ1) is 14.5. The van der Waals surface area contributed by atoms with E-state index in [1.165, 1.54) is 0 Å². The number of aryl methyl sites for hydroxylation is 1. The normalized spacial score (nSPS) is 10.6. The van der Waals surface area contributed by atoms with Crippen molar-refractivity contribution in [3.63, 3.8) is 0 Å². The summed E-state index contributed by atoms with van der Waals surface area (Å²) < 4.78 is 0. The van der Waals surface area contributed by atoms with Gasteiger partial charge in [-0.3, -0.25) is 4.79 Å². The smallest absolute Gasteiger partial charge is 0.251 e. The van der Waals surface area contributed by atoms with Gasteiger partial charge in [0.05, 0.1) is 6.54 Å². The first-order valence-electron chi connectivity index (χ1n) is 6.60. The molecule has 2 N–H and O–H groups in total. The molecule has 0 radical (unpaired) electrons. The van der Waals surface area contributed by atoms with Crippen molar-refractivity contribution in [2.75, 3.05) is 5.32 Å². The molecule has 1 aromatic heterocycles. The molecule has 0 aliphatic rings. The number of hydrogen-bond acceptors (Lipinski definition) is 4. The molecular weight excluding hydrogens is 270 g/mol. The van der Waals surface area contributed by atoms with Gasteiger partial charge in [-0.15, -0.1) is 11.3 Å². The van der Waals surface area contributed by atoms with Crippen molar-refractivity contribution >= 4 is 22.9 Å². The van der Waals surface area contributed by atoms with Crippen molar-refractivity contribution in [1.29, 1.82) is 0 Å². The van der Waals surface area contributed by atoms with Gasteiger partial charge in [-0.05, 0) is 45.0 Å². The predicted molar refractivity (Wildman–Crippen MR) is 83.2 cm³/mol. The van der Waals surface area contributed by atoms with E-state index in [0.717, 1.165) is 16.4 Å². The molecule has 0 spiro atoms. The summed E-state index contributed by atoms with van der Waals surface area (Å²) in [7, 11) is 0. The number of carbonyl (C=O) groups is 1. The summed E-state index contributed by atoms with van der Waals surface area (Å²) in [4.78, 5) is 16.2. The fraction of sp³-hybridized carbons (Fsp3) is 0.333. The van der Waals surface area contributed by atoms with E-state index in [1.54, 1.807) is 11.3 Å². The van der Waals surface area contributed by atoms with E-state index in [4.69, 9.17) is 0 Å². The van der Waals surface area contributed by atoms with Crippen LogP contribution in [0.5, 0.6) is 0 Å². The molecule has 2 aromatic rings. The quantitative estimate of drug-likeness (QED) is 0.888. The third-order valence-corrected chi connectivity index (χ3v) is 3.64. The number of hydrogen-bond donors (Lipinski definition) is 2. The van der Waals surface area contributed by atoms with Crippen molar-refractivity contribution in [2.24, 2.45) is 0 Å². The number of amides is 1. The van der Waals surface area contributed by atoms with Crippen molar-refractivity contribution < 1.29 is 4.79 Å². The number of carbonyl (C=O) groups excluding carboxylic acids is 1. The van der Waals surface area contributed by atoms with E-state index < -0.39 is 0 Å². The highest BCUT2D eigenvalue weighted by Crippen LogP contribution is 2.14. The van der Waals surface area contributed by atoms with Gasteiger partial charge in [0.25, 0.3) is 5.91 Å². The first-order chi connectivity index (χ1) is 9.54. The number of anilines is 1. The van der Waals surface area contributed by atoms with Gasteiger partial charge >= 0.3 is 0 Å². The van der Waals surface area contributed by atoms with Crippen molar-refractivity contribution in [3.05, 3.63) is 45.9 Å². The summed E-state index contributed by atoms with van der Waals surface area (Å²) >= 11 is 1.65. The Morgan fingerprint density at radius 2 is 2.00 bits per heavy atom. The van der Waals surface area contributed by atoms with Crippen LogP contribution < -0.4 is 10.6 Å². The molecule has 1 amide bonds. The highest BCUT2D eigenvalue weighted by Gasteiger charge is 2.06. The molecule has 0 atom stereocenters. The molecule has 0 aliphatic heterocycles. The minimum Gasteiger partial charge on any atom is -0.379 e.